The Morgan fingerprint density at radius 1 is 1.46 bits per heavy atom. The minimum Gasteiger partial charge on any atom is -0.361 e. The summed E-state index contributed by atoms with van der Waals surface area (Å²) in [7, 11) is 0. The summed E-state index contributed by atoms with van der Waals surface area (Å²) in [5.41, 5.74) is 2.23. The van der Waals surface area contributed by atoms with Gasteiger partial charge in [0.25, 0.3) is 0 Å². The van der Waals surface area contributed by atoms with Crippen LogP contribution >= 0.6 is 0 Å². The van der Waals surface area contributed by atoms with Crippen molar-refractivity contribution < 1.29 is 0 Å². The molecule has 0 radical (unpaired) electrons. The minimum absolute atomic E-state index is 0.404. The summed E-state index contributed by atoms with van der Waals surface area (Å²) in [5.74, 6) is 0.404. The average Bonchev–Trinajstić information content (AvgIpc) is 2.61. The molecule has 1 N–H and O–H groups in total. The van der Waals surface area contributed by atoms with Crippen molar-refractivity contribution in [2.75, 3.05) is 0 Å². The molecule has 68 valence electrons. The second kappa shape index (κ2) is 4.51. The third-order valence-corrected chi connectivity index (χ3v) is 1.97. The third-order valence-electron chi connectivity index (χ3n) is 1.97. The molecule has 0 bridgehead atoms. The first-order chi connectivity index (χ1) is 6.27. The van der Waals surface area contributed by atoms with Crippen LogP contribution in [0.3, 0.4) is 0 Å². The van der Waals surface area contributed by atoms with Gasteiger partial charge >= 0.3 is 0 Å². The Labute approximate surface area is 79.5 Å². The first kappa shape index (κ1) is 9.59. The van der Waals surface area contributed by atoms with Gasteiger partial charge in [-0.3, -0.25) is 0 Å². The van der Waals surface area contributed by atoms with Crippen molar-refractivity contribution in [2.24, 2.45) is 5.92 Å². The van der Waals surface area contributed by atoms with Gasteiger partial charge in [-0.05, 0) is 23.6 Å². The molecular weight excluding hydrogens is 158 g/mol. The highest BCUT2D eigenvalue weighted by Gasteiger charge is 1.95. The van der Waals surface area contributed by atoms with E-state index in [0.717, 1.165) is 11.3 Å². The molecule has 1 atom stereocenters. The summed E-state index contributed by atoms with van der Waals surface area (Å²) in [6.45, 7) is 9.56. The fraction of sp³-hybridized carbons (Fsp3) is 0.167. The summed E-state index contributed by atoms with van der Waals surface area (Å²) in [4.78, 5) is 3.14. The lowest BCUT2D eigenvalue weighted by molar-refractivity contribution is 0.949. The first-order valence-electron chi connectivity index (χ1n) is 4.38. The normalized spacial score (nSPS) is 13.0. The lowest BCUT2D eigenvalue weighted by Crippen LogP contribution is -1.81. The first-order valence-corrected chi connectivity index (χ1v) is 4.38. The number of hydrogen-bond acceptors (Lipinski definition) is 0. The zero-order chi connectivity index (χ0) is 9.68. The Balaban J connectivity index is 2.78. The van der Waals surface area contributed by atoms with E-state index >= 15 is 0 Å². The van der Waals surface area contributed by atoms with E-state index in [0.29, 0.717) is 5.92 Å². The molecule has 0 aromatic carbocycles. The van der Waals surface area contributed by atoms with Gasteiger partial charge in [0.15, 0.2) is 0 Å². The Bertz CT molecular complexity index is 318. The fourth-order valence-electron chi connectivity index (χ4n) is 1.04. The Morgan fingerprint density at radius 2 is 2.23 bits per heavy atom. The van der Waals surface area contributed by atoms with Crippen LogP contribution in [0.4, 0.5) is 0 Å². The molecule has 0 saturated heterocycles. The van der Waals surface area contributed by atoms with E-state index in [2.05, 4.69) is 37.2 Å². The van der Waals surface area contributed by atoms with E-state index in [1.54, 1.807) is 0 Å². The third kappa shape index (κ3) is 2.48. The van der Waals surface area contributed by atoms with Gasteiger partial charge in [0.05, 0.1) is 0 Å². The molecule has 0 aliphatic rings. The maximum atomic E-state index is 3.74. The van der Waals surface area contributed by atoms with Crippen molar-refractivity contribution in [3.8, 4) is 0 Å². The van der Waals surface area contributed by atoms with Crippen molar-refractivity contribution >= 4 is 12.2 Å². The molecule has 1 heteroatoms. The van der Waals surface area contributed by atoms with E-state index in [-0.39, 0.29) is 0 Å². The number of aromatic amines is 1. The number of H-pyrrole nitrogens is 1. The molecule has 0 fully saturated rings. The molecule has 1 aromatic heterocycles. The molecule has 0 saturated carbocycles. The molecule has 1 nitrogen and oxygen atoms in total. The van der Waals surface area contributed by atoms with Gasteiger partial charge < -0.3 is 4.98 Å². The quantitative estimate of drug-likeness (QED) is 0.671. The van der Waals surface area contributed by atoms with E-state index < -0.39 is 0 Å². The highest BCUT2D eigenvalue weighted by Crippen LogP contribution is 2.11. The summed E-state index contributed by atoms with van der Waals surface area (Å²) in [5, 5.41) is 0. The average molecular weight is 173 g/mol. The van der Waals surface area contributed by atoms with Gasteiger partial charge in [0.2, 0.25) is 0 Å². The highest BCUT2D eigenvalue weighted by atomic mass is 14.7. The molecule has 1 heterocycles. The van der Waals surface area contributed by atoms with Gasteiger partial charge in [-0.2, -0.15) is 0 Å². The molecule has 1 unspecified atom stereocenters. The number of allylic oxidation sites excluding steroid dienone is 2. The van der Waals surface area contributed by atoms with Gasteiger partial charge in [-0.1, -0.05) is 31.7 Å². The second-order valence-electron chi connectivity index (χ2n) is 3.00. The van der Waals surface area contributed by atoms with Crippen LogP contribution in [0.2, 0.25) is 0 Å². The van der Waals surface area contributed by atoms with Crippen molar-refractivity contribution in [3.63, 3.8) is 0 Å². The van der Waals surface area contributed by atoms with Crippen molar-refractivity contribution in [1.29, 1.82) is 0 Å². The highest BCUT2D eigenvalue weighted by molar-refractivity contribution is 5.61. The lowest BCUT2D eigenvalue weighted by atomic mass is 10.1. The SMILES string of the molecule is C=Cc1cc[nH]c1/C=C\C(C)C=C. The van der Waals surface area contributed by atoms with Gasteiger partial charge in [0.1, 0.15) is 0 Å². The number of hydrogen-bond donors (Lipinski definition) is 1. The zero-order valence-corrected chi connectivity index (χ0v) is 7.96. The van der Waals surface area contributed by atoms with E-state index in [1.165, 1.54) is 0 Å². The Kier molecular flexibility index (Phi) is 3.32. The molecule has 1 aromatic rings. The van der Waals surface area contributed by atoms with Crippen LogP contribution in [-0.2, 0) is 0 Å². The van der Waals surface area contributed by atoms with Gasteiger partial charge in [-0.25, -0.2) is 0 Å². The molecular formula is C12H15N. The summed E-state index contributed by atoms with van der Waals surface area (Å²) < 4.78 is 0. The second-order valence-corrected chi connectivity index (χ2v) is 3.00. The molecule has 0 aliphatic heterocycles. The number of rotatable bonds is 4. The number of nitrogens with one attached hydrogen (secondary N) is 1. The predicted molar refractivity (Wildman–Crippen MR) is 59.3 cm³/mol. The van der Waals surface area contributed by atoms with Crippen LogP contribution in [0.1, 0.15) is 18.2 Å². The van der Waals surface area contributed by atoms with Gasteiger partial charge in [0, 0.05) is 11.9 Å². The molecule has 0 spiro atoms. The smallest absolute Gasteiger partial charge is 0.0450 e. The van der Waals surface area contributed by atoms with E-state index in [9.17, 15) is 0 Å². The molecule has 13 heavy (non-hydrogen) atoms. The summed E-state index contributed by atoms with van der Waals surface area (Å²) >= 11 is 0. The zero-order valence-electron chi connectivity index (χ0n) is 7.96. The van der Waals surface area contributed by atoms with Crippen LogP contribution in [0.25, 0.3) is 12.2 Å². The summed E-state index contributed by atoms with van der Waals surface area (Å²) in [6.07, 6.45) is 9.83. The van der Waals surface area contributed by atoms with Crippen LogP contribution < -0.4 is 0 Å². The van der Waals surface area contributed by atoms with Gasteiger partial charge in [-0.15, -0.1) is 6.58 Å². The Hall–Kier alpha value is -1.50. The van der Waals surface area contributed by atoms with Crippen molar-refractivity contribution in [2.45, 2.75) is 6.92 Å². The van der Waals surface area contributed by atoms with Crippen LogP contribution in [0.5, 0.6) is 0 Å². The van der Waals surface area contributed by atoms with Crippen molar-refractivity contribution in [1.82, 2.24) is 4.98 Å². The summed E-state index contributed by atoms with van der Waals surface area (Å²) in [6, 6.07) is 2.01. The topological polar surface area (TPSA) is 15.8 Å². The van der Waals surface area contributed by atoms with E-state index in [1.807, 2.05) is 24.4 Å². The van der Waals surface area contributed by atoms with Crippen LogP contribution in [0.15, 0.2) is 37.6 Å². The molecule has 0 amide bonds. The monoisotopic (exact) mass is 173 g/mol. The number of aromatic nitrogens is 1. The minimum atomic E-state index is 0.404. The van der Waals surface area contributed by atoms with Crippen molar-refractivity contribution in [3.05, 3.63) is 48.8 Å². The maximum absolute atomic E-state index is 3.74. The molecule has 0 aliphatic carbocycles. The fourth-order valence-corrected chi connectivity index (χ4v) is 1.04. The van der Waals surface area contributed by atoms with Crippen LogP contribution in [-0.4, -0.2) is 4.98 Å². The maximum Gasteiger partial charge on any atom is 0.0450 e. The van der Waals surface area contributed by atoms with E-state index in [4.69, 9.17) is 0 Å². The predicted octanol–water partition coefficient (Wildman–Crippen LogP) is 3.49. The lowest BCUT2D eigenvalue weighted by Gasteiger charge is -1.96. The molecule has 1 rings (SSSR count). The largest absolute Gasteiger partial charge is 0.361 e. The standard InChI is InChI=1S/C12H15N/c1-4-10(3)6-7-12-11(5-2)8-9-13-12/h4-10,13H,1-2H2,3H3/b7-6-. The Morgan fingerprint density at radius 3 is 2.85 bits per heavy atom. The van der Waals surface area contributed by atoms with Crippen LogP contribution in [0, 0.1) is 5.92 Å².